The van der Waals surface area contributed by atoms with Gasteiger partial charge in [0.2, 0.25) is 10.6 Å². The molecule has 1 aliphatic rings. The number of aromatic nitrogens is 10. The molecule has 1 saturated heterocycles. The number of carboxylic acids is 1. The van der Waals surface area contributed by atoms with E-state index in [0.29, 0.717) is 24.5 Å². The molecule has 77 heteroatoms. The first-order chi connectivity index (χ1) is 53.2. The van der Waals surface area contributed by atoms with Gasteiger partial charge in [-0.1, -0.05) is 32.8 Å². The van der Waals surface area contributed by atoms with E-state index in [4.69, 9.17) is 226 Å². The van der Waals surface area contributed by atoms with Gasteiger partial charge in [0.1, 0.15) is 5.15 Å². The molecule has 0 aromatic carbocycles. The highest BCUT2D eigenvalue weighted by atomic mass is 36.0. The normalized spacial score (nSPS) is 10.2. The molecule has 117 heavy (non-hydrogen) atoms. The Hall–Kier alpha value is -3.34. The molecule has 0 atom stereocenters. The summed E-state index contributed by atoms with van der Waals surface area (Å²) >= 11 is 30.6. The lowest BCUT2D eigenvalue weighted by molar-refractivity contribution is -0.143. The van der Waals surface area contributed by atoms with Crippen molar-refractivity contribution in [3.63, 3.8) is 0 Å². The summed E-state index contributed by atoms with van der Waals surface area (Å²) in [5, 5.41) is 5.52. The zero-order valence-electron chi connectivity index (χ0n) is 63.6. The van der Waals surface area contributed by atoms with Crippen LogP contribution in [-0.2, 0) is 77.4 Å². The van der Waals surface area contributed by atoms with E-state index in [1.165, 1.54) is 45.8 Å². The van der Waals surface area contributed by atoms with Crippen LogP contribution in [0.3, 0.4) is 0 Å². The smallest absolute Gasteiger partial charge is 0.426 e. The topological polar surface area (TPSA) is 410 Å². The summed E-state index contributed by atoms with van der Waals surface area (Å²) in [5.41, 5.74) is -1.16. The Morgan fingerprint density at radius 1 is 0.521 bits per heavy atom. The number of nitrogens with one attached hydrogen (secondary N) is 6. The number of nitrogens with zero attached hydrogens (tertiary/aromatic N) is 4. The van der Waals surface area contributed by atoms with Gasteiger partial charge >= 0.3 is 67.5 Å². The Bertz CT molecular complexity index is 3790. The summed E-state index contributed by atoms with van der Waals surface area (Å²) in [4.78, 5) is 135. The third-order valence-electron chi connectivity index (χ3n) is 13.7. The van der Waals surface area contributed by atoms with Crippen LogP contribution in [0, 0.1) is 6.92 Å². The van der Waals surface area contributed by atoms with E-state index in [1.54, 1.807) is 33.9 Å². The number of carbonyl (C=O) groups excluding carboxylic acids is 3. The average molecular weight is 1660 g/mol. The molecule has 0 spiro atoms. The summed E-state index contributed by atoms with van der Waals surface area (Å²) in [5.74, 6) is -2.25. The fourth-order valence-corrected chi connectivity index (χ4v) is 9.21. The van der Waals surface area contributed by atoms with Crippen molar-refractivity contribution in [1.82, 2.24) is 49.8 Å². The Kier molecular flexibility index (Phi) is 73.4. The largest absolute Gasteiger partial charge is 0.690 e. The van der Waals surface area contributed by atoms with Crippen molar-refractivity contribution in [3.05, 3.63) is 143 Å². The number of ether oxygens (including phenoxy) is 3. The fraction of sp³-hybridized carbons (Fsp3) is 0.400. The lowest BCUT2D eigenvalue weighted by Gasteiger charge is -2.42. The maximum Gasteiger partial charge on any atom is 0.426 e. The van der Waals surface area contributed by atoms with Crippen molar-refractivity contribution in [1.29, 1.82) is 0 Å². The number of carboxylic acid groups (broad SMARTS) is 1. The highest BCUT2D eigenvalue weighted by Crippen LogP contribution is 2.61. The SMILES string of the molecule is C.C.CB1OB(C)OB(C)O1.CCOC(=O)Cc1c[nH]c(=O)[nH]c1=O.CCOC(=O)Cc1cnc(Cl)nc1C.CCOC(=O)Cc1cnc(Cl)nc1Cl.O=C(O)Cc1c[nH]c(=O)[nH]c1=O.O=P(Cl)(Cl)Cl.O=c1cc[nH]c(=O)[nH]1.[B]B([B])B(B([B])[B])B([B][B-])B([B])[B-].[B]B([B])B([B][B-])B(B([B])[B])B([B])[B].[B][B]B(B([B])[B])B(B([B])[B])B([B])[B]. The average Bonchev–Trinajstić information content (AvgIpc) is 0.870. The van der Waals surface area contributed by atoms with Crippen molar-refractivity contribution < 1.29 is 56.8 Å². The second-order valence-electron chi connectivity index (χ2n) is 23.0. The first-order valence-electron chi connectivity index (χ1n) is 33.3. The van der Waals surface area contributed by atoms with E-state index in [2.05, 4.69) is 73.3 Å². The lowest BCUT2D eigenvalue weighted by atomic mass is 8.50. The maximum absolute atomic E-state index is 11.1. The molecule has 5 aromatic heterocycles. The van der Waals surface area contributed by atoms with Gasteiger partial charge in [-0.3, -0.25) is 67.2 Å². The van der Waals surface area contributed by atoms with Crippen molar-refractivity contribution in [2.75, 3.05) is 19.8 Å². The van der Waals surface area contributed by atoms with E-state index in [9.17, 15) is 52.5 Å². The Morgan fingerprint density at radius 2 is 0.838 bits per heavy atom. The molecule has 1 fully saturated rings. The van der Waals surface area contributed by atoms with Gasteiger partial charge in [-0.05, 0) is 241 Å². The van der Waals surface area contributed by atoms with Gasteiger partial charge in [-0.25, -0.2) is 40.7 Å². The number of halogens is 6. The highest BCUT2D eigenvalue weighted by molar-refractivity contribution is 8.24. The van der Waals surface area contributed by atoms with Gasteiger partial charge in [-0.2, -0.15) is 0 Å². The first-order valence-corrected chi connectivity index (χ1v) is 38.9. The number of esters is 3. The van der Waals surface area contributed by atoms with Gasteiger partial charge in [0, 0.05) is 158 Å². The van der Waals surface area contributed by atoms with Crippen LogP contribution < -0.4 is 33.7 Å². The van der Waals surface area contributed by atoms with Crippen LogP contribution in [0.2, 0.25) is 36.2 Å². The van der Waals surface area contributed by atoms with E-state index in [1.807, 2.05) is 35.4 Å². The number of aromatic amines is 6. The minimum Gasteiger partial charge on any atom is -0.690 e. The number of hydrogen-bond donors (Lipinski definition) is 7. The zero-order chi connectivity index (χ0) is 89.9. The van der Waals surface area contributed by atoms with Gasteiger partial charge in [0.05, 0.1) is 45.5 Å². The Labute approximate surface area is 750 Å². The van der Waals surface area contributed by atoms with Crippen LogP contribution in [0.15, 0.2) is 65.8 Å². The molecular formula is C40H56B42Cl6N10O18P-3. The summed E-state index contributed by atoms with van der Waals surface area (Å²) in [7, 11) is 118. The molecule has 1 aliphatic heterocycles. The van der Waals surface area contributed by atoms with Crippen LogP contribution in [0.1, 0.15) is 63.6 Å². The molecule has 0 unspecified atom stereocenters. The second kappa shape index (κ2) is 69.0. The Morgan fingerprint density at radius 3 is 1.09 bits per heavy atom. The highest BCUT2D eigenvalue weighted by Gasteiger charge is 2.34. The third-order valence-corrected chi connectivity index (χ3v) is 14.4. The molecule has 48 radical (unpaired) electrons. The molecule has 0 amide bonds. The third kappa shape index (κ3) is 61.6. The minimum absolute atomic E-state index is 0. The predicted octanol–water partition coefficient (Wildman–Crippen LogP) is -10.0. The summed E-state index contributed by atoms with van der Waals surface area (Å²) in [6.45, 7) is 13.5. The van der Waals surface area contributed by atoms with E-state index >= 15 is 0 Å². The molecule has 0 aliphatic carbocycles. The van der Waals surface area contributed by atoms with Crippen molar-refractivity contribution in [2.24, 2.45) is 0 Å². The van der Waals surface area contributed by atoms with Gasteiger partial charge in [-0.15, -0.1) is 0 Å². The number of aliphatic carboxylic acids is 1. The summed E-state index contributed by atoms with van der Waals surface area (Å²) in [6.07, 6.45) is -2.36. The first kappa shape index (κ1) is 124. The number of hydrogen-bond acceptors (Lipinski definition) is 21. The molecule has 7 N–H and O–H groups in total. The lowest BCUT2D eigenvalue weighted by Crippen LogP contribution is -2.69. The molecule has 550 valence electrons. The fourth-order valence-electron chi connectivity index (χ4n) is 8.66. The number of carbonyl (C=O) groups is 4. The molecule has 6 rings (SSSR count). The molecule has 28 nitrogen and oxygen atoms in total. The van der Waals surface area contributed by atoms with Crippen LogP contribution in [0.25, 0.3) is 0 Å². The standard InChI is InChI=1S/C9H11ClN2O2.C8H8Cl2N2O2.C8H10N2O4.C6H6N2O4.C4H4N2O2.C3H9B3O3.2CH4.3B13.Cl3OP/c1-3-14-8(13)4-7-5-11-9(10)12-6(7)2;1-2-14-6(13)3-5-4-11-8(10)12-7(5)9;1-2-14-6(11)3-5-4-9-8(13)10-7(5)12;9-4(10)1-3-2-7-6(12)8-5(3)11;7-3-1-2-5-4(8)6-3;1-4-7-5(2)9-6(3)8-4;;;3*1-8-12(9(2)3)13(10(4)5)11(6)7;1-5(2,3)4/h5H,3-4H2,1-2H3;4H,2-3H2,1H3;4H,2-3H2,1H3,(H2,9,10,12,13);2H,1H2,(H,9,10)(H2,7,8,11,12);1-2H,(H2,5,6,7,8);1-3H3;2*1H4;;;;/q;;;;;;;;;-2;-1;. The van der Waals surface area contributed by atoms with E-state index < -0.39 is 128 Å². The monoisotopic (exact) mass is 1670 g/mol. The second-order valence-corrected chi connectivity index (χ2v) is 30.6. The molecule has 0 bridgehead atoms. The van der Waals surface area contributed by atoms with Crippen LogP contribution >= 0.6 is 73.7 Å². The number of aryl methyl sites for hydroxylation is 1. The minimum atomic E-state index is -3.22. The zero-order valence-corrected chi connectivity index (χ0v) is 69.0. The quantitative estimate of drug-likeness (QED) is 0.00675. The van der Waals surface area contributed by atoms with Gasteiger partial charge in [0.15, 0.2) is 0 Å². The Balaban J connectivity index is -0.000000294. The summed E-state index contributed by atoms with van der Waals surface area (Å²) in [6, 6.07) is 1.24. The van der Waals surface area contributed by atoms with Crippen molar-refractivity contribution >= 4 is 398 Å². The number of H-pyrrole nitrogens is 6. The maximum atomic E-state index is 11.1. The van der Waals surface area contributed by atoms with E-state index in [0.717, 1.165) is 11.8 Å². The van der Waals surface area contributed by atoms with Gasteiger partial charge in [0.25, 0.3) is 16.7 Å². The van der Waals surface area contributed by atoms with Crippen LogP contribution in [-0.4, -0.2) is 399 Å². The van der Waals surface area contributed by atoms with Crippen molar-refractivity contribution in [3.8, 4) is 0 Å². The van der Waals surface area contributed by atoms with Crippen LogP contribution in [0.5, 0.6) is 0 Å². The molecule has 5 aromatic rings. The predicted molar refractivity (Wildman–Crippen MR) is 520 cm³/mol. The molecule has 6 heterocycles. The van der Waals surface area contributed by atoms with Crippen LogP contribution in [0.4, 0.5) is 0 Å². The summed E-state index contributed by atoms with van der Waals surface area (Å²) < 4.78 is 39.0. The van der Waals surface area contributed by atoms with Crippen molar-refractivity contribution in [2.45, 2.75) is 88.7 Å². The van der Waals surface area contributed by atoms with E-state index in [-0.39, 0.29) is 126 Å². The number of rotatable bonds is 26. The van der Waals surface area contributed by atoms with Gasteiger partial charge < -0.3 is 71.2 Å². The molecule has 0 saturated carbocycles. The molecular weight excluding hydrogens is 1610 g/mol.